The van der Waals surface area contributed by atoms with Crippen LogP contribution in [0.5, 0.6) is 0 Å². The molecule has 0 aromatic heterocycles. The van der Waals surface area contributed by atoms with E-state index in [9.17, 15) is 4.79 Å². The van der Waals surface area contributed by atoms with E-state index in [1.807, 2.05) is 23.1 Å². The summed E-state index contributed by atoms with van der Waals surface area (Å²) in [5.74, 6) is 0.490. The Morgan fingerprint density at radius 2 is 2.12 bits per heavy atom. The Balaban J connectivity index is 2.12. The summed E-state index contributed by atoms with van der Waals surface area (Å²) in [7, 11) is 0. The zero-order valence-electron chi connectivity index (χ0n) is 10.3. The van der Waals surface area contributed by atoms with Gasteiger partial charge in [-0.15, -0.1) is 11.6 Å². The Labute approximate surface area is 108 Å². The molecule has 1 aliphatic heterocycles. The van der Waals surface area contributed by atoms with E-state index in [4.69, 9.17) is 11.6 Å². The van der Waals surface area contributed by atoms with E-state index < -0.39 is 5.38 Å². The molecule has 1 aromatic rings. The largest absolute Gasteiger partial charge is 0.311 e. The molecule has 1 aliphatic rings. The standard InChI is InChI=1S/C14H18ClNO/c1-10(2)9-12(15)14(17)16-8-7-11-5-3-4-6-13(11)16/h3-6,10,12H,7-9H2,1-2H3. The molecule has 1 heterocycles. The SMILES string of the molecule is CC(C)CC(Cl)C(=O)N1CCc2ccccc21. The number of alkyl halides is 1. The van der Waals surface area contributed by atoms with Gasteiger partial charge in [0.2, 0.25) is 5.91 Å². The molecule has 0 N–H and O–H groups in total. The second-order valence-corrected chi connectivity index (χ2v) is 5.49. The molecule has 1 unspecified atom stereocenters. The van der Waals surface area contributed by atoms with E-state index in [1.165, 1.54) is 5.56 Å². The van der Waals surface area contributed by atoms with Crippen LogP contribution in [0.25, 0.3) is 0 Å². The molecule has 92 valence electrons. The Kier molecular flexibility index (Phi) is 3.72. The number of anilines is 1. The lowest BCUT2D eigenvalue weighted by Gasteiger charge is -2.21. The molecule has 1 amide bonds. The van der Waals surface area contributed by atoms with Crippen LogP contribution in [0.4, 0.5) is 5.69 Å². The van der Waals surface area contributed by atoms with Gasteiger partial charge >= 0.3 is 0 Å². The van der Waals surface area contributed by atoms with Crippen molar-refractivity contribution >= 4 is 23.2 Å². The number of hydrogen-bond donors (Lipinski definition) is 0. The summed E-state index contributed by atoms with van der Waals surface area (Å²) in [4.78, 5) is 14.1. The van der Waals surface area contributed by atoms with Gasteiger partial charge in [-0.1, -0.05) is 32.0 Å². The first-order valence-electron chi connectivity index (χ1n) is 6.13. The summed E-state index contributed by atoms with van der Waals surface area (Å²) in [6.45, 7) is 4.93. The minimum atomic E-state index is -0.402. The first-order valence-corrected chi connectivity index (χ1v) is 6.56. The molecule has 0 saturated heterocycles. The minimum Gasteiger partial charge on any atom is -0.311 e. The lowest BCUT2D eigenvalue weighted by molar-refractivity contribution is -0.118. The van der Waals surface area contributed by atoms with Crippen LogP contribution in [-0.4, -0.2) is 17.8 Å². The topological polar surface area (TPSA) is 20.3 Å². The number of carbonyl (C=O) groups is 1. The third-order valence-electron chi connectivity index (χ3n) is 3.10. The molecule has 1 aromatic carbocycles. The third kappa shape index (κ3) is 2.63. The first kappa shape index (κ1) is 12.4. The molecular weight excluding hydrogens is 234 g/mol. The number of benzene rings is 1. The molecule has 2 rings (SSSR count). The van der Waals surface area contributed by atoms with Crippen LogP contribution in [-0.2, 0) is 11.2 Å². The predicted octanol–water partition coefficient (Wildman–Crippen LogP) is 3.23. The number of fused-ring (bicyclic) bond motifs is 1. The van der Waals surface area contributed by atoms with E-state index in [2.05, 4.69) is 19.9 Å². The maximum absolute atomic E-state index is 12.2. The number of carbonyl (C=O) groups excluding carboxylic acids is 1. The summed E-state index contributed by atoms with van der Waals surface area (Å²) < 4.78 is 0. The third-order valence-corrected chi connectivity index (χ3v) is 3.46. The smallest absolute Gasteiger partial charge is 0.245 e. The van der Waals surface area contributed by atoms with E-state index in [0.29, 0.717) is 5.92 Å². The highest BCUT2D eigenvalue weighted by atomic mass is 35.5. The first-order chi connectivity index (χ1) is 8.09. The van der Waals surface area contributed by atoms with E-state index >= 15 is 0 Å². The quantitative estimate of drug-likeness (QED) is 0.756. The van der Waals surface area contributed by atoms with Crippen LogP contribution in [0.2, 0.25) is 0 Å². The van der Waals surface area contributed by atoms with Crippen LogP contribution in [0.3, 0.4) is 0 Å². The van der Waals surface area contributed by atoms with Gasteiger partial charge in [0, 0.05) is 12.2 Å². The lowest BCUT2D eigenvalue weighted by Crippen LogP contribution is -2.36. The fourth-order valence-corrected chi connectivity index (χ4v) is 2.73. The van der Waals surface area contributed by atoms with E-state index in [1.54, 1.807) is 0 Å². The van der Waals surface area contributed by atoms with Gasteiger partial charge in [-0.2, -0.15) is 0 Å². The number of nitrogens with zero attached hydrogens (tertiary/aromatic N) is 1. The maximum Gasteiger partial charge on any atom is 0.245 e. The van der Waals surface area contributed by atoms with Crippen molar-refractivity contribution in [2.75, 3.05) is 11.4 Å². The number of amides is 1. The second kappa shape index (κ2) is 5.09. The van der Waals surface area contributed by atoms with Gasteiger partial charge in [0.25, 0.3) is 0 Å². The molecule has 17 heavy (non-hydrogen) atoms. The highest BCUT2D eigenvalue weighted by Crippen LogP contribution is 2.29. The highest BCUT2D eigenvalue weighted by molar-refractivity contribution is 6.33. The van der Waals surface area contributed by atoms with E-state index in [-0.39, 0.29) is 5.91 Å². The number of halogens is 1. The average molecular weight is 252 g/mol. The number of rotatable bonds is 3. The van der Waals surface area contributed by atoms with Gasteiger partial charge in [-0.25, -0.2) is 0 Å². The molecule has 0 aliphatic carbocycles. The van der Waals surface area contributed by atoms with Gasteiger partial charge in [0.15, 0.2) is 0 Å². The monoisotopic (exact) mass is 251 g/mol. The zero-order valence-corrected chi connectivity index (χ0v) is 11.1. The summed E-state index contributed by atoms with van der Waals surface area (Å²) >= 11 is 6.18. The van der Waals surface area contributed by atoms with Crippen molar-refractivity contribution in [1.29, 1.82) is 0 Å². The number of para-hydroxylation sites is 1. The molecule has 0 radical (unpaired) electrons. The molecule has 2 nitrogen and oxygen atoms in total. The number of hydrogen-bond acceptors (Lipinski definition) is 1. The van der Waals surface area contributed by atoms with Gasteiger partial charge in [0.05, 0.1) is 0 Å². The minimum absolute atomic E-state index is 0.0466. The van der Waals surface area contributed by atoms with Crippen molar-refractivity contribution in [3.8, 4) is 0 Å². The Morgan fingerprint density at radius 3 is 2.82 bits per heavy atom. The normalized spacial score (nSPS) is 16.1. The summed E-state index contributed by atoms with van der Waals surface area (Å²) in [6.07, 6.45) is 1.67. The fraction of sp³-hybridized carbons (Fsp3) is 0.500. The lowest BCUT2D eigenvalue weighted by atomic mass is 10.1. The molecular formula is C14H18ClNO. The maximum atomic E-state index is 12.2. The summed E-state index contributed by atoms with van der Waals surface area (Å²) in [6, 6.07) is 8.06. The second-order valence-electron chi connectivity index (χ2n) is 4.97. The summed E-state index contributed by atoms with van der Waals surface area (Å²) in [5.41, 5.74) is 2.28. The van der Waals surface area contributed by atoms with Crippen molar-refractivity contribution in [2.24, 2.45) is 5.92 Å². The van der Waals surface area contributed by atoms with Crippen LogP contribution in [0.15, 0.2) is 24.3 Å². The highest BCUT2D eigenvalue weighted by Gasteiger charge is 2.28. The fourth-order valence-electron chi connectivity index (χ4n) is 2.25. The van der Waals surface area contributed by atoms with Crippen molar-refractivity contribution < 1.29 is 4.79 Å². The predicted molar refractivity (Wildman–Crippen MR) is 71.6 cm³/mol. The van der Waals surface area contributed by atoms with Crippen LogP contribution < -0.4 is 4.90 Å². The molecule has 0 saturated carbocycles. The van der Waals surface area contributed by atoms with Crippen molar-refractivity contribution in [3.63, 3.8) is 0 Å². The van der Waals surface area contributed by atoms with Crippen LogP contribution in [0, 0.1) is 5.92 Å². The Hall–Kier alpha value is -1.02. The van der Waals surface area contributed by atoms with Gasteiger partial charge < -0.3 is 4.90 Å². The molecule has 0 bridgehead atoms. The molecule has 1 atom stereocenters. The van der Waals surface area contributed by atoms with Crippen molar-refractivity contribution in [2.45, 2.75) is 32.1 Å². The van der Waals surface area contributed by atoms with Crippen molar-refractivity contribution in [3.05, 3.63) is 29.8 Å². The Morgan fingerprint density at radius 1 is 1.41 bits per heavy atom. The van der Waals surface area contributed by atoms with Crippen molar-refractivity contribution in [1.82, 2.24) is 0 Å². The summed E-state index contributed by atoms with van der Waals surface area (Å²) in [5, 5.41) is -0.402. The zero-order chi connectivity index (χ0) is 12.4. The molecule has 3 heteroatoms. The van der Waals surface area contributed by atoms with Gasteiger partial charge in [-0.3, -0.25) is 4.79 Å². The molecule has 0 fully saturated rings. The molecule has 0 spiro atoms. The Bertz CT molecular complexity index is 416. The average Bonchev–Trinajstić information content (AvgIpc) is 2.70. The van der Waals surface area contributed by atoms with E-state index in [0.717, 1.165) is 25.1 Å². The van der Waals surface area contributed by atoms with Gasteiger partial charge in [-0.05, 0) is 30.4 Å². The van der Waals surface area contributed by atoms with Crippen LogP contribution in [0.1, 0.15) is 25.8 Å². The van der Waals surface area contributed by atoms with Crippen LogP contribution >= 0.6 is 11.6 Å². The van der Waals surface area contributed by atoms with Gasteiger partial charge in [0.1, 0.15) is 5.38 Å².